The molecule has 0 aromatic rings. The van der Waals surface area contributed by atoms with Crippen LogP contribution < -0.4 is 0 Å². The van der Waals surface area contributed by atoms with Crippen molar-refractivity contribution in [1.82, 2.24) is 0 Å². The van der Waals surface area contributed by atoms with Crippen LogP contribution >= 0.6 is 0 Å². The van der Waals surface area contributed by atoms with E-state index in [0.29, 0.717) is 12.8 Å². The first kappa shape index (κ1) is 39.9. The van der Waals surface area contributed by atoms with Crippen LogP contribution in [0.5, 0.6) is 0 Å². The molecule has 0 aliphatic carbocycles. The van der Waals surface area contributed by atoms with Gasteiger partial charge in [0.1, 0.15) is 12.2 Å². The topological polar surface area (TPSA) is 196 Å². The van der Waals surface area contributed by atoms with Crippen LogP contribution in [0.3, 0.4) is 0 Å². The number of rotatable bonds is 18. The molecule has 0 amide bonds. The summed E-state index contributed by atoms with van der Waals surface area (Å²) in [4.78, 5) is 20.2. The normalized spacial score (nSPS) is 9.94. The molecule has 0 rings (SSSR count). The molecule has 10 heteroatoms. The van der Waals surface area contributed by atoms with Crippen molar-refractivity contribution in [2.24, 2.45) is 0 Å². The van der Waals surface area contributed by atoms with Gasteiger partial charge in [0, 0.05) is 12.8 Å². The fraction of sp³-hybridized carbons (Fsp3) is 0.917. The summed E-state index contributed by atoms with van der Waals surface area (Å²) in [7, 11) is 0. The third kappa shape index (κ3) is 52.6. The van der Waals surface area contributed by atoms with Crippen molar-refractivity contribution in [2.75, 3.05) is 26.4 Å². The zero-order valence-corrected chi connectivity index (χ0v) is 21.3. The van der Waals surface area contributed by atoms with Crippen LogP contribution in [0.1, 0.15) is 104 Å². The minimum absolute atomic E-state index is 0.337. The number of hydrogen-bond acceptors (Lipinski definition) is 8. The number of aliphatic hydroxyl groups is 6. The van der Waals surface area contributed by atoms with Crippen LogP contribution in [0.25, 0.3) is 0 Å². The molecule has 0 saturated heterocycles. The largest absolute Gasteiger partial charge is 0.481 e. The fourth-order valence-corrected chi connectivity index (χ4v) is 2.23. The monoisotopic (exact) mass is 500 g/mol. The summed E-state index contributed by atoms with van der Waals surface area (Å²) in [5.74, 6) is -1.33. The lowest BCUT2D eigenvalue weighted by molar-refractivity contribution is -0.138. The van der Waals surface area contributed by atoms with E-state index in [1.807, 2.05) is 0 Å². The van der Waals surface area contributed by atoms with Gasteiger partial charge in [-0.2, -0.15) is 0 Å². The third-order valence-electron chi connectivity index (χ3n) is 4.33. The van der Waals surface area contributed by atoms with Crippen LogP contribution in [0, 0.1) is 0 Å². The van der Waals surface area contributed by atoms with Crippen molar-refractivity contribution in [3.8, 4) is 0 Å². The molecule has 0 heterocycles. The second kappa shape index (κ2) is 36.3. The summed E-state index contributed by atoms with van der Waals surface area (Å²) in [6, 6.07) is 0. The Bertz CT molecular complexity index is 376. The molecular formula is C24H52O10. The maximum Gasteiger partial charge on any atom is 0.303 e. The summed E-state index contributed by atoms with van der Waals surface area (Å²) in [6.07, 6.45) is 12.6. The fourth-order valence-electron chi connectivity index (χ4n) is 2.23. The lowest BCUT2D eigenvalue weighted by Crippen LogP contribution is -2.15. The Kier molecular flexibility index (Phi) is 42.6. The number of carbonyl (C=O) groups is 2. The quantitative estimate of drug-likeness (QED) is 0.129. The molecule has 8 N–H and O–H groups in total. The predicted molar refractivity (Wildman–Crippen MR) is 132 cm³/mol. The number of hydrogen-bond donors (Lipinski definition) is 8. The van der Waals surface area contributed by atoms with Crippen molar-refractivity contribution >= 4 is 11.9 Å². The maximum atomic E-state index is 10.1. The van der Waals surface area contributed by atoms with Crippen molar-refractivity contribution in [1.29, 1.82) is 0 Å². The van der Waals surface area contributed by atoms with Crippen LogP contribution in [-0.4, -0.2) is 91.4 Å². The molecule has 0 bridgehead atoms. The molecule has 0 radical (unpaired) electrons. The van der Waals surface area contributed by atoms with E-state index in [4.69, 9.17) is 40.9 Å². The van der Waals surface area contributed by atoms with E-state index in [1.165, 1.54) is 51.4 Å². The van der Waals surface area contributed by atoms with Crippen molar-refractivity contribution < 1.29 is 50.4 Å². The van der Waals surface area contributed by atoms with Gasteiger partial charge in [-0.3, -0.25) is 9.59 Å². The smallest absolute Gasteiger partial charge is 0.303 e. The summed E-state index contributed by atoms with van der Waals surface area (Å²) in [5.41, 5.74) is 0. The van der Waals surface area contributed by atoms with E-state index >= 15 is 0 Å². The molecule has 0 saturated carbocycles. The third-order valence-corrected chi connectivity index (χ3v) is 4.33. The molecule has 0 atom stereocenters. The van der Waals surface area contributed by atoms with Crippen molar-refractivity contribution in [3.05, 3.63) is 0 Å². The summed E-state index contributed by atoms with van der Waals surface area (Å²) >= 11 is 0. The number of carboxylic acids is 2. The van der Waals surface area contributed by atoms with E-state index in [-0.39, 0.29) is 26.4 Å². The van der Waals surface area contributed by atoms with Gasteiger partial charge < -0.3 is 40.9 Å². The second-order valence-electron chi connectivity index (χ2n) is 7.86. The van der Waals surface area contributed by atoms with Crippen LogP contribution in [-0.2, 0) is 9.59 Å². The molecule has 208 valence electrons. The van der Waals surface area contributed by atoms with Crippen molar-refractivity contribution in [2.45, 2.75) is 116 Å². The minimum Gasteiger partial charge on any atom is -0.481 e. The first-order chi connectivity index (χ1) is 16.2. The van der Waals surface area contributed by atoms with E-state index < -0.39 is 24.1 Å². The predicted octanol–water partition coefficient (Wildman–Crippen LogP) is 2.31. The Balaban J connectivity index is -0.000000185. The highest BCUT2D eigenvalue weighted by atomic mass is 16.4. The number of aliphatic hydroxyl groups excluding tert-OH is 6. The number of unbranched alkanes of at least 4 members (excludes halogenated alkanes) is 10. The molecule has 0 aromatic carbocycles. The second-order valence-corrected chi connectivity index (χ2v) is 7.86. The Labute approximate surface area is 205 Å². The van der Waals surface area contributed by atoms with Gasteiger partial charge in [-0.15, -0.1) is 0 Å². The summed E-state index contributed by atoms with van der Waals surface area (Å²) in [6.45, 7) is 2.89. The number of carboxylic acid groups (broad SMARTS) is 2. The van der Waals surface area contributed by atoms with E-state index in [0.717, 1.165) is 25.7 Å². The maximum absolute atomic E-state index is 10.1. The van der Waals surface area contributed by atoms with Gasteiger partial charge in [-0.1, -0.05) is 78.1 Å². The van der Waals surface area contributed by atoms with E-state index in [9.17, 15) is 9.59 Å². The average Bonchev–Trinajstić information content (AvgIpc) is 2.83. The molecule has 10 nitrogen and oxygen atoms in total. The summed E-state index contributed by atoms with van der Waals surface area (Å²) < 4.78 is 0. The summed E-state index contributed by atoms with van der Waals surface area (Å²) in [5, 5.41) is 64.7. The zero-order valence-electron chi connectivity index (χ0n) is 21.3. The highest BCUT2D eigenvalue weighted by Crippen LogP contribution is 2.08. The molecule has 0 aliphatic rings. The van der Waals surface area contributed by atoms with Gasteiger partial charge in [0.15, 0.2) is 0 Å². The molecule has 34 heavy (non-hydrogen) atoms. The van der Waals surface area contributed by atoms with E-state index in [2.05, 4.69) is 13.8 Å². The molecule has 0 spiro atoms. The lowest BCUT2D eigenvalue weighted by Gasteiger charge is -1.98. The van der Waals surface area contributed by atoms with E-state index in [1.54, 1.807) is 0 Å². The first-order valence-electron chi connectivity index (χ1n) is 12.4. The van der Waals surface area contributed by atoms with Crippen LogP contribution in [0.2, 0.25) is 0 Å². The van der Waals surface area contributed by atoms with Crippen molar-refractivity contribution in [3.63, 3.8) is 0 Å². The zero-order chi connectivity index (χ0) is 27.0. The average molecular weight is 501 g/mol. The Hall–Kier alpha value is -1.30. The van der Waals surface area contributed by atoms with Crippen LogP contribution in [0.15, 0.2) is 0 Å². The molecule has 0 aromatic heterocycles. The number of aliphatic carboxylic acids is 2. The van der Waals surface area contributed by atoms with Gasteiger partial charge in [0.2, 0.25) is 0 Å². The standard InChI is InChI=1S/C10H20O2.C8H16O2.2C3H8O3/c1-2-3-4-5-6-7-8-9-10(11)12;1-2-3-4-5-6-7-8(9)10;2*4-1-3(6)2-5/h2-9H2,1H3,(H,11,12);2-7H2,1H3,(H,9,10);2*3-6H,1-2H2. The SMILES string of the molecule is CCCCCCCC(=O)O.CCCCCCCCCC(=O)O.OCC(O)CO.OCC(O)CO. The molecule has 0 aliphatic heterocycles. The Morgan fingerprint density at radius 3 is 0.912 bits per heavy atom. The van der Waals surface area contributed by atoms with Gasteiger partial charge in [-0.05, 0) is 12.8 Å². The van der Waals surface area contributed by atoms with Gasteiger partial charge >= 0.3 is 11.9 Å². The Morgan fingerprint density at radius 2 is 0.735 bits per heavy atom. The minimum atomic E-state index is -0.954. The highest BCUT2D eigenvalue weighted by molar-refractivity contribution is 5.66. The van der Waals surface area contributed by atoms with Gasteiger partial charge in [-0.25, -0.2) is 0 Å². The first-order valence-corrected chi connectivity index (χ1v) is 12.4. The van der Waals surface area contributed by atoms with Crippen LogP contribution in [0.4, 0.5) is 0 Å². The highest BCUT2D eigenvalue weighted by Gasteiger charge is 1.96. The molecule has 0 fully saturated rings. The molecular weight excluding hydrogens is 448 g/mol. The Morgan fingerprint density at radius 1 is 0.500 bits per heavy atom. The van der Waals surface area contributed by atoms with Gasteiger partial charge in [0.25, 0.3) is 0 Å². The van der Waals surface area contributed by atoms with Gasteiger partial charge in [0.05, 0.1) is 26.4 Å². The molecule has 0 unspecified atom stereocenters. The lowest BCUT2D eigenvalue weighted by atomic mass is 10.1.